The zero-order valence-electron chi connectivity index (χ0n) is 14.2. The number of ether oxygens (including phenoxy) is 1. The van der Waals surface area contributed by atoms with Crippen LogP contribution in [0, 0.1) is 11.8 Å². The molecular formula is C22H16N2O2. The van der Waals surface area contributed by atoms with Gasteiger partial charge in [-0.1, -0.05) is 30.0 Å². The fourth-order valence-electron chi connectivity index (χ4n) is 2.86. The molecule has 4 nitrogen and oxygen atoms in total. The highest BCUT2D eigenvalue weighted by molar-refractivity contribution is 6.09. The van der Waals surface area contributed by atoms with E-state index in [9.17, 15) is 4.79 Å². The van der Waals surface area contributed by atoms with Gasteiger partial charge < -0.3 is 9.72 Å². The predicted molar refractivity (Wildman–Crippen MR) is 102 cm³/mol. The summed E-state index contributed by atoms with van der Waals surface area (Å²) in [7, 11) is 0. The van der Waals surface area contributed by atoms with Crippen molar-refractivity contribution in [3.05, 3.63) is 77.6 Å². The minimum absolute atomic E-state index is 0.307. The first-order valence-corrected chi connectivity index (χ1v) is 8.40. The van der Waals surface area contributed by atoms with E-state index in [2.05, 4.69) is 21.8 Å². The Morgan fingerprint density at radius 1 is 1.00 bits per heavy atom. The molecule has 0 aliphatic carbocycles. The van der Waals surface area contributed by atoms with Crippen LogP contribution >= 0.6 is 0 Å². The van der Waals surface area contributed by atoms with Crippen molar-refractivity contribution in [2.45, 2.75) is 6.92 Å². The van der Waals surface area contributed by atoms with Crippen LogP contribution in [0.5, 0.6) is 0 Å². The van der Waals surface area contributed by atoms with Gasteiger partial charge in [0.2, 0.25) is 0 Å². The third-order valence-electron chi connectivity index (χ3n) is 4.09. The summed E-state index contributed by atoms with van der Waals surface area (Å²) in [4.78, 5) is 19.5. The number of rotatable bonds is 2. The number of aromatic nitrogens is 2. The minimum atomic E-state index is -0.413. The number of H-pyrrole nitrogens is 1. The normalized spacial score (nSPS) is 10.5. The van der Waals surface area contributed by atoms with Gasteiger partial charge in [0.05, 0.1) is 18.3 Å². The smallest absolute Gasteiger partial charge is 0.356 e. The zero-order chi connectivity index (χ0) is 17.9. The fraction of sp³-hybridized carbons (Fsp3) is 0.0909. The van der Waals surface area contributed by atoms with Gasteiger partial charge in [0.25, 0.3) is 0 Å². The SMILES string of the molecule is CCOC(=O)c1cc2c(cn1)[nH]c1ccc(C#Cc3ccccc3)cc12. The second kappa shape index (κ2) is 6.73. The van der Waals surface area contributed by atoms with Crippen LogP contribution in [-0.2, 0) is 4.74 Å². The number of pyridine rings is 1. The van der Waals surface area contributed by atoms with Crippen molar-refractivity contribution in [1.82, 2.24) is 9.97 Å². The standard InChI is InChI=1S/C22H16N2O2/c1-2-26-22(25)20-13-18-17-12-16(9-8-15-6-4-3-5-7-15)10-11-19(17)24-21(18)14-23-20/h3-7,10-14,24H,2H2,1H3. The van der Waals surface area contributed by atoms with Gasteiger partial charge >= 0.3 is 5.97 Å². The molecule has 0 fully saturated rings. The number of benzene rings is 2. The van der Waals surface area contributed by atoms with Gasteiger partial charge in [-0.05, 0) is 43.3 Å². The van der Waals surface area contributed by atoms with Crippen molar-refractivity contribution < 1.29 is 9.53 Å². The summed E-state index contributed by atoms with van der Waals surface area (Å²) in [5.41, 5.74) is 4.05. The molecule has 4 aromatic rings. The van der Waals surface area contributed by atoms with Crippen molar-refractivity contribution in [2.75, 3.05) is 6.61 Å². The predicted octanol–water partition coefficient (Wildman–Crippen LogP) is 4.29. The summed E-state index contributed by atoms with van der Waals surface area (Å²) in [6.45, 7) is 2.10. The lowest BCUT2D eigenvalue weighted by atomic mass is 10.1. The maximum absolute atomic E-state index is 12.0. The Bertz CT molecular complexity index is 1160. The summed E-state index contributed by atoms with van der Waals surface area (Å²) in [5.74, 6) is 5.95. The van der Waals surface area contributed by atoms with E-state index >= 15 is 0 Å². The molecule has 2 aromatic carbocycles. The summed E-state index contributed by atoms with van der Waals surface area (Å²) in [5, 5.41) is 1.94. The molecule has 0 saturated carbocycles. The molecule has 26 heavy (non-hydrogen) atoms. The first-order chi connectivity index (χ1) is 12.7. The van der Waals surface area contributed by atoms with Crippen molar-refractivity contribution in [3.8, 4) is 11.8 Å². The molecule has 0 unspecified atom stereocenters. The number of esters is 1. The van der Waals surface area contributed by atoms with Gasteiger partial charge in [-0.3, -0.25) is 0 Å². The van der Waals surface area contributed by atoms with Gasteiger partial charge in [0.15, 0.2) is 0 Å². The van der Waals surface area contributed by atoms with E-state index in [1.165, 1.54) is 0 Å². The Morgan fingerprint density at radius 2 is 1.77 bits per heavy atom. The highest BCUT2D eigenvalue weighted by Gasteiger charge is 2.12. The number of carbonyl (C=O) groups is 1. The Labute approximate surface area is 150 Å². The van der Waals surface area contributed by atoms with Crippen LogP contribution in [0.15, 0.2) is 60.8 Å². The molecule has 126 valence electrons. The first-order valence-electron chi connectivity index (χ1n) is 8.40. The molecule has 0 aliphatic rings. The molecule has 2 aromatic heterocycles. The van der Waals surface area contributed by atoms with Crippen molar-refractivity contribution in [3.63, 3.8) is 0 Å². The van der Waals surface area contributed by atoms with E-state index < -0.39 is 5.97 Å². The van der Waals surface area contributed by atoms with Crippen LogP contribution in [-0.4, -0.2) is 22.5 Å². The van der Waals surface area contributed by atoms with E-state index in [-0.39, 0.29) is 0 Å². The second-order valence-electron chi connectivity index (χ2n) is 5.84. The Kier molecular flexibility index (Phi) is 4.12. The fourth-order valence-corrected chi connectivity index (χ4v) is 2.86. The molecule has 0 saturated heterocycles. The first kappa shape index (κ1) is 15.9. The third kappa shape index (κ3) is 3.03. The van der Waals surface area contributed by atoms with Crippen LogP contribution in [0.2, 0.25) is 0 Å². The van der Waals surface area contributed by atoms with Gasteiger partial charge in [0.1, 0.15) is 5.69 Å². The molecule has 2 heterocycles. The second-order valence-corrected chi connectivity index (χ2v) is 5.84. The molecule has 4 rings (SSSR count). The maximum Gasteiger partial charge on any atom is 0.356 e. The molecule has 0 radical (unpaired) electrons. The Balaban J connectivity index is 1.79. The lowest BCUT2D eigenvalue weighted by Gasteiger charge is -2.00. The van der Waals surface area contributed by atoms with E-state index in [0.29, 0.717) is 12.3 Å². The summed E-state index contributed by atoms with van der Waals surface area (Å²) < 4.78 is 5.04. The molecule has 0 amide bonds. The highest BCUT2D eigenvalue weighted by atomic mass is 16.5. The number of hydrogen-bond donors (Lipinski definition) is 1. The average Bonchev–Trinajstić information content (AvgIpc) is 3.04. The van der Waals surface area contributed by atoms with Crippen LogP contribution in [0.3, 0.4) is 0 Å². The highest BCUT2D eigenvalue weighted by Crippen LogP contribution is 2.26. The van der Waals surface area contributed by atoms with Gasteiger partial charge in [0, 0.05) is 27.4 Å². The third-order valence-corrected chi connectivity index (χ3v) is 4.09. The van der Waals surface area contributed by atoms with E-state index in [1.54, 1.807) is 19.2 Å². The van der Waals surface area contributed by atoms with Crippen LogP contribution < -0.4 is 0 Å². The molecule has 0 spiro atoms. The van der Waals surface area contributed by atoms with Crippen LogP contribution in [0.25, 0.3) is 21.8 Å². The summed E-state index contributed by atoms with van der Waals surface area (Å²) >= 11 is 0. The number of carbonyl (C=O) groups excluding carboxylic acids is 1. The number of aromatic amines is 1. The summed E-state index contributed by atoms with van der Waals surface area (Å²) in [6.07, 6.45) is 1.66. The average molecular weight is 340 g/mol. The number of hydrogen-bond acceptors (Lipinski definition) is 3. The quantitative estimate of drug-likeness (QED) is 0.437. The molecular weight excluding hydrogens is 324 g/mol. The van der Waals surface area contributed by atoms with Crippen molar-refractivity contribution in [2.24, 2.45) is 0 Å². The Morgan fingerprint density at radius 3 is 2.58 bits per heavy atom. The van der Waals surface area contributed by atoms with Crippen molar-refractivity contribution in [1.29, 1.82) is 0 Å². The largest absolute Gasteiger partial charge is 0.461 e. The molecule has 1 N–H and O–H groups in total. The maximum atomic E-state index is 12.0. The minimum Gasteiger partial charge on any atom is -0.461 e. The number of fused-ring (bicyclic) bond motifs is 3. The summed E-state index contributed by atoms with van der Waals surface area (Å²) in [6, 6.07) is 17.6. The Hall–Kier alpha value is -3.58. The monoisotopic (exact) mass is 340 g/mol. The molecule has 0 atom stereocenters. The molecule has 0 aliphatic heterocycles. The van der Waals surface area contributed by atoms with Gasteiger partial charge in [-0.15, -0.1) is 0 Å². The lowest BCUT2D eigenvalue weighted by molar-refractivity contribution is 0.0520. The van der Waals surface area contributed by atoms with E-state index in [1.807, 2.05) is 48.5 Å². The van der Waals surface area contributed by atoms with Gasteiger partial charge in [-0.2, -0.15) is 0 Å². The zero-order valence-corrected chi connectivity index (χ0v) is 14.2. The molecule has 0 bridgehead atoms. The molecule has 4 heteroatoms. The number of nitrogens with one attached hydrogen (secondary N) is 1. The number of nitrogens with zero attached hydrogens (tertiary/aromatic N) is 1. The topological polar surface area (TPSA) is 55.0 Å². The van der Waals surface area contributed by atoms with Crippen LogP contribution in [0.1, 0.15) is 28.5 Å². The van der Waals surface area contributed by atoms with E-state index in [0.717, 1.165) is 32.9 Å². The van der Waals surface area contributed by atoms with Gasteiger partial charge in [-0.25, -0.2) is 9.78 Å². The van der Waals surface area contributed by atoms with Crippen molar-refractivity contribution >= 4 is 27.8 Å². The van der Waals surface area contributed by atoms with E-state index in [4.69, 9.17) is 4.74 Å². The van der Waals surface area contributed by atoms with Crippen LogP contribution in [0.4, 0.5) is 0 Å². The lowest BCUT2D eigenvalue weighted by Crippen LogP contribution is -2.06.